The molecule has 7 nitrogen and oxygen atoms in total. The van der Waals surface area contributed by atoms with E-state index in [2.05, 4.69) is 155 Å². The molecule has 0 amide bonds. The van der Waals surface area contributed by atoms with Gasteiger partial charge in [-0.15, -0.1) is 31.1 Å². The molecule has 0 saturated heterocycles. The number of hydrogen-bond donors (Lipinski definition) is 3. The third-order valence-electron chi connectivity index (χ3n) is 7.72. The second-order valence-corrected chi connectivity index (χ2v) is 12.5. The first-order valence-corrected chi connectivity index (χ1v) is 16.4. The van der Waals surface area contributed by atoms with Crippen LogP contribution in [0.15, 0.2) is 86.5 Å². The standard InChI is InChI=1S/C22H30N4.C6H13N.C5H11N.C5H8OS.Y/c1-6-22(2,3)26(5)21-17-12-8-7-11-16(17)15-25(4)19-14-10-9-13-18(19)20(21)24-23;1-4-5-6-7(2)3;1-3-4-5-6-2;1-2-5(7)3-4-6;/h7-14,24H,6,15,23H2,1-5H3;4H,1,5-6H2,2-3H3;3,6H,1,4-5H2,2H3;2,4-5,7H,1,3H2;/p-1/b21-20-;;;;. The molecule has 1 aliphatic heterocycles. The van der Waals surface area contributed by atoms with Gasteiger partial charge in [-0.25, -0.2) is 0 Å². The van der Waals surface area contributed by atoms with Gasteiger partial charge in [0, 0.05) is 82.2 Å². The molecule has 0 spiro atoms. The third-order valence-corrected chi connectivity index (χ3v) is 8.11. The second kappa shape index (κ2) is 26.7. The van der Waals surface area contributed by atoms with Gasteiger partial charge in [0.1, 0.15) is 6.29 Å². The number of hydrogen-bond acceptors (Lipinski definition) is 8. The monoisotopic (exact) mass is 738 g/mol. The maximum Gasteiger partial charge on any atom is 0.118 e. The first-order valence-electron chi connectivity index (χ1n) is 16.0. The summed E-state index contributed by atoms with van der Waals surface area (Å²) in [6, 6.07) is 17.1. The van der Waals surface area contributed by atoms with Gasteiger partial charge in [-0.1, -0.05) is 61.5 Å². The van der Waals surface area contributed by atoms with E-state index in [1.807, 2.05) is 19.2 Å². The van der Waals surface area contributed by atoms with Crippen LogP contribution in [0, 0.1) is 0 Å². The Labute approximate surface area is 318 Å². The third kappa shape index (κ3) is 17.2. The van der Waals surface area contributed by atoms with E-state index < -0.39 is 0 Å². The summed E-state index contributed by atoms with van der Waals surface area (Å²) in [6.45, 7) is 20.4. The average Bonchev–Trinajstić information content (AvgIpc) is 3.05. The van der Waals surface area contributed by atoms with E-state index in [-0.39, 0.29) is 43.5 Å². The summed E-state index contributed by atoms with van der Waals surface area (Å²) in [5, 5.41) is 2.93. The van der Waals surface area contributed by atoms with Crippen molar-refractivity contribution in [3.05, 3.63) is 103 Å². The fourth-order valence-electron chi connectivity index (χ4n) is 4.33. The first-order chi connectivity index (χ1) is 21.9. The maximum atomic E-state index is 9.66. The Balaban J connectivity index is 0. The smallest absolute Gasteiger partial charge is 0.118 e. The molecule has 0 saturated carbocycles. The molecule has 1 atom stereocenters. The van der Waals surface area contributed by atoms with Crippen LogP contribution in [0.3, 0.4) is 0 Å². The largest absolute Gasteiger partial charge is 0.785 e. The summed E-state index contributed by atoms with van der Waals surface area (Å²) in [4.78, 5) is 16.4. The van der Waals surface area contributed by atoms with Crippen LogP contribution in [-0.4, -0.2) is 75.2 Å². The fourth-order valence-corrected chi connectivity index (χ4v) is 4.41. The number of para-hydroxylation sites is 1. The van der Waals surface area contributed by atoms with Crippen molar-refractivity contribution in [1.29, 1.82) is 0 Å². The van der Waals surface area contributed by atoms with Gasteiger partial charge in [-0.2, -0.15) is 0 Å². The van der Waals surface area contributed by atoms with Crippen LogP contribution in [0.5, 0.6) is 0 Å². The van der Waals surface area contributed by atoms with Crippen LogP contribution in [0.1, 0.15) is 63.1 Å². The van der Waals surface area contributed by atoms with Crippen molar-refractivity contribution >= 4 is 36.0 Å². The minimum Gasteiger partial charge on any atom is -0.785 e. The Morgan fingerprint density at radius 1 is 1.02 bits per heavy atom. The number of benzene rings is 2. The van der Waals surface area contributed by atoms with Gasteiger partial charge in [0.15, 0.2) is 0 Å². The van der Waals surface area contributed by atoms with E-state index >= 15 is 0 Å². The number of nitrogens with zero attached hydrogens (tertiary/aromatic N) is 3. The summed E-state index contributed by atoms with van der Waals surface area (Å²) in [5.74, 6) is 6.10. The zero-order chi connectivity index (χ0) is 35.1. The molecule has 259 valence electrons. The summed E-state index contributed by atoms with van der Waals surface area (Å²) >= 11 is 4.69. The van der Waals surface area contributed by atoms with Crippen molar-refractivity contribution in [3.63, 3.8) is 0 Å². The van der Waals surface area contributed by atoms with E-state index in [1.54, 1.807) is 6.08 Å². The van der Waals surface area contributed by atoms with E-state index in [9.17, 15) is 4.79 Å². The molecule has 0 aliphatic carbocycles. The Bertz CT molecular complexity index is 1220. The number of carbonyl (C=O) groups is 1. The quantitative estimate of drug-likeness (QED) is 0.0529. The van der Waals surface area contributed by atoms with E-state index in [4.69, 9.17) is 5.84 Å². The van der Waals surface area contributed by atoms with Crippen LogP contribution in [0.25, 0.3) is 11.4 Å². The molecule has 0 fully saturated rings. The Kier molecular flexibility index (Phi) is 26.7. The normalized spacial score (nSPS) is 13.8. The number of fused-ring (bicyclic) bond motifs is 2. The molecule has 3 rings (SSSR count). The minimum atomic E-state index is -0.0718. The van der Waals surface area contributed by atoms with Crippen molar-refractivity contribution < 1.29 is 37.5 Å². The van der Waals surface area contributed by atoms with E-state index in [0.717, 1.165) is 62.1 Å². The predicted molar refractivity (Wildman–Crippen MR) is 205 cm³/mol. The van der Waals surface area contributed by atoms with Gasteiger partial charge in [-0.3, -0.25) is 5.84 Å². The van der Waals surface area contributed by atoms with Gasteiger partial charge in [0.25, 0.3) is 0 Å². The van der Waals surface area contributed by atoms with E-state index in [0.29, 0.717) is 6.42 Å². The topological polar surface area (TPSA) is 76.9 Å². The number of carbonyl (C=O) groups excluding carboxylic acids is 1. The van der Waals surface area contributed by atoms with Gasteiger partial charge < -0.3 is 42.9 Å². The van der Waals surface area contributed by atoms with E-state index in [1.165, 1.54) is 16.8 Å². The van der Waals surface area contributed by atoms with Crippen LogP contribution in [-0.2, 0) is 56.7 Å². The van der Waals surface area contributed by atoms with Crippen molar-refractivity contribution in [2.75, 3.05) is 53.2 Å². The SMILES string of the molecule is C=CC([S-])CC=O.C=CCCN(C)C.C=CCCNC.CCC(C)(C)N(C)/C1=C(\NN)c2ccccc2N(C)Cc2ccccc21.[Y]. The number of rotatable bonds is 13. The van der Waals surface area contributed by atoms with Crippen molar-refractivity contribution in [1.82, 2.24) is 20.5 Å². The zero-order valence-corrected chi connectivity index (χ0v) is 34.0. The summed E-state index contributed by atoms with van der Waals surface area (Å²) < 4.78 is 0. The zero-order valence-electron chi connectivity index (χ0n) is 30.4. The number of hydrazine groups is 1. The Hall–Kier alpha value is -2.20. The molecule has 1 radical (unpaired) electrons. The number of aldehydes is 1. The van der Waals surface area contributed by atoms with Crippen molar-refractivity contribution in [2.45, 2.75) is 63.8 Å². The Morgan fingerprint density at radius 2 is 1.60 bits per heavy atom. The number of nitrogens with one attached hydrogen (secondary N) is 2. The fraction of sp³-hybridized carbons (Fsp3) is 0.447. The van der Waals surface area contributed by atoms with Crippen LogP contribution in [0.4, 0.5) is 5.69 Å². The summed E-state index contributed by atoms with van der Waals surface area (Å²) in [5.41, 5.74) is 9.97. The second-order valence-electron chi connectivity index (χ2n) is 11.9. The van der Waals surface area contributed by atoms with Gasteiger partial charge in [0.05, 0.1) is 11.4 Å². The first kappa shape index (κ1) is 46.9. The molecule has 9 heteroatoms. The minimum absolute atomic E-state index is 0. The molecule has 2 aromatic carbocycles. The summed E-state index contributed by atoms with van der Waals surface area (Å²) in [6.07, 6.45) is 9.83. The van der Waals surface area contributed by atoms with Gasteiger partial charge in [0.2, 0.25) is 0 Å². The van der Waals surface area contributed by atoms with Crippen LogP contribution in [0.2, 0.25) is 0 Å². The molecule has 1 heterocycles. The maximum absolute atomic E-state index is 9.66. The number of anilines is 1. The van der Waals surface area contributed by atoms with Gasteiger partial charge in [-0.05, 0) is 78.8 Å². The molecular weight excluding hydrogens is 677 g/mol. The molecule has 4 N–H and O–H groups in total. The predicted octanol–water partition coefficient (Wildman–Crippen LogP) is 6.63. The Morgan fingerprint density at radius 3 is 2.02 bits per heavy atom. The van der Waals surface area contributed by atoms with Crippen LogP contribution < -0.4 is 21.5 Å². The molecule has 1 unspecified atom stereocenters. The molecule has 47 heavy (non-hydrogen) atoms. The van der Waals surface area contributed by atoms with Gasteiger partial charge >= 0.3 is 0 Å². The molecule has 1 aliphatic rings. The van der Waals surface area contributed by atoms with Crippen molar-refractivity contribution in [3.8, 4) is 0 Å². The number of nitrogens with two attached hydrogens (primary N) is 1. The molecular formula is C38H61N6OSY-. The molecule has 0 bridgehead atoms. The summed E-state index contributed by atoms with van der Waals surface area (Å²) in [7, 11) is 10.4. The van der Waals surface area contributed by atoms with Crippen molar-refractivity contribution in [2.24, 2.45) is 5.84 Å². The molecule has 0 aromatic heterocycles. The van der Waals surface area contributed by atoms with Crippen LogP contribution >= 0.6 is 0 Å². The average molecular weight is 739 g/mol. The molecule has 2 aromatic rings.